The monoisotopic (exact) mass is 310 g/mol. The van der Waals surface area contributed by atoms with Crippen LogP contribution >= 0.6 is 27.3 Å². The molecule has 0 unspecified atom stereocenters. The lowest BCUT2D eigenvalue weighted by molar-refractivity contribution is -0.136. The molecule has 0 saturated heterocycles. The number of thiophene rings is 1. The van der Waals surface area contributed by atoms with Crippen molar-refractivity contribution in [2.24, 2.45) is 0 Å². The van der Waals surface area contributed by atoms with Crippen LogP contribution < -0.4 is 0 Å². The Bertz CT molecular complexity index is 543. The molecule has 0 aliphatic heterocycles. The summed E-state index contributed by atoms with van der Waals surface area (Å²) in [5, 5.41) is 8.81. The molecule has 0 fully saturated rings. The lowest BCUT2D eigenvalue weighted by atomic mass is 10.1. The number of halogens is 1. The highest BCUT2D eigenvalue weighted by Gasteiger charge is 2.10. The van der Waals surface area contributed by atoms with Crippen molar-refractivity contribution in [3.8, 4) is 10.4 Å². The molecule has 88 valence electrons. The molecule has 1 aromatic carbocycles. The summed E-state index contributed by atoms with van der Waals surface area (Å²) < 4.78 is 1.04. The van der Waals surface area contributed by atoms with E-state index in [0.29, 0.717) is 0 Å². The lowest BCUT2D eigenvalue weighted by Crippen LogP contribution is -1.99. The summed E-state index contributed by atoms with van der Waals surface area (Å²) in [6.07, 6.45) is 0.0961. The Hall–Kier alpha value is -1.13. The Morgan fingerprint density at radius 3 is 2.59 bits per heavy atom. The van der Waals surface area contributed by atoms with Crippen molar-refractivity contribution in [2.45, 2.75) is 13.3 Å². The topological polar surface area (TPSA) is 37.3 Å². The molecule has 1 N–H and O–H groups in total. The summed E-state index contributed by atoms with van der Waals surface area (Å²) in [5.41, 5.74) is 2.03. The molecule has 4 heteroatoms. The second kappa shape index (κ2) is 5.02. The van der Waals surface area contributed by atoms with Crippen molar-refractivity contribution in [1.29, 1.82) is 0 Å². The maximum Gasteiger partial charge on any atom is 0.307 e. The predicted molar refractivity (Wildman–Crippen MR) is 73.5 cm³/mol. The van der Waals surface area contributed by atoms with Crippen LogP contribution in [0.15, 0.2) is 34.8 Å². The second-order valence-electron chi connectivity index (χ2n) is 3.77. The Morgan fingerprint density at radius 1 is 1.35 bits per heavy atom. The highest BCUT2D eigenvalue weighted by molar-refractivity contribution is 9.10. The molecule has 0 spiro atoms. The molecule has 0 saturated carbocycles. The highest BCUT2D eigenvalue weighted by Crippen LogP contribution is 2.32. The Labute approximate surface area is 112 Å². The zero-order valence-electron chi connectivity index (χ0n) is 9.24. The molecule has 2 nitrogen and oxygen atoms in total. The Balaban J connectivity index is 2.34. The molecule has 2 aromatic rings. The van der Waals surface area contributed by atoms with Crippen molar-refractivity contribution in [3.63, 3.8) is 0 Å². The summed E-state index contributed by atoms with van der Waals surface area (Å²) >= 11 is 5.03. The van der Waals surface area contributed by atoms with E-state index in [1.807, 2.05) is 37.3 Å². The first-order chi connectivity index (χ1) is 8.06. The minimum absolute atomic E-state index is 0.0961. The number of rotatable bonds is 3. The Morgan fingerprint density at radius 2 is 2.00 bits per heavy atom. The van der Waals surface area contributed by atoms with Crippen LogP contribution in [-0.4, -0.2) is 11.1 Å². The minimum atomic E-state index is -0.784. The van der Waals surface area contributed by atoms with Crippen molar-refractivity contribution in [1.82, 2.24) is 0 Å². The number of carboxylic acids is 1. The number of hydrogen-bond acceptors (Lipinski definition) is 2. The summed E-state index contributed by atoms with van der Waals surface area (Å²) in [4.78, 5) is 12.9. The van der Waals surface area contributed by atoms with Gasteiger partial charge in [0.05, 0.1) is 6.42 Å². The van der Waals surface area contributed by atoms with E-state index in [9.17, 15) is 4.79 Å². The van der Waals surface area contributed by atoms with Crippen molar-refractivity contribution < 1.29 is 9.90 Å². The van der Waals surface area contributed by atoms with Crippen LogP contribution in [0, 0.1) is 6.92 Å². The SMILES string of the molecule is Cc1sc(-c2ccc(Br)cc2)cc1CC(=O)O. The summed E-state index contributed by atoms with van der Waals surface area (Å²) in [7, 11) is 0. The number of aryl methyl sites for hydroxylation is 1. The van der Waals surface area contributed by atoms with Gasteiger partial charge in [-0.3, -0.25) is 4.79 Å². The average molecular weight is 311 g/mol. The standard InChI is InChI=1S/C13H11BrO2S/c1-8-10(7-13(15)16)6-12(17-8)9-2-4-11(14)5-3-9/h2-6H,7H2,1H3,(H,15,16). The van der Waals surface area contributed by atoms with Gasteiger partial charge in [-0.05, 0) is 36.2 Å². The van der Waals surface area contributed by atoms with E-state index in [0.717, 1.165) is 25.4 Å². The zero-order valence-corrected chi connectivity index (χ0v) is 11.6. The van der Waals surface area contributed by atoms with E-state index in [2.05, 4.69) is 15.9 Å². The number of hydrogen-bond donors (Lipinski definition) is 1. The largest absolute Gasteiger partial charge is 0.481 e. The van der Waals surface area contributed by atoms with Crippen LogP contribution in [0.2, 0.25) is 0 Å². The molecule has 0 bridgehead atoms. The van der Waals surface area contributed by atoms with E-state index < -0.39 is 5.97 Å². The van der Waals surface area contributed by atoms with Gasteiger partial charge < -0.3 is 5.11 Å². The maximum absolute atomic E-state index is 10.7. The molecule has 0 amide bonds. The molecule has 0 aliphatic carbocycles. The number of benzene rings is 1. The van der Waals surface area contributed by atoms with E-state index in [4.69, 9.17) is 5.11 Å². The first kappa shape index (κ1) is 12.3. The van der Waals surface area contributed by atoms with Gasteiger partial charge in [0.2, 0.25) is 0 Å². The minimum Gasteiger partial charge on any atom is -0.481 e. The third-order valence-electron chi connectivity index (χ3n) is 2.49. The second-order valence-corrected chi connectivity index (χ2v) is 5.94. The molecule has 1 aromatic heterocycles. The van der Waals surface area contributed by atoms with Crippen LogP contribution in [-0.2, 0) is 11.2 Å². The smallest absolute Gasteiger partial charge is 0.307 e. The molecule has 17 heavy (non-hydrogen) atoms. The van der Waals surface area contributed by atoms with Crippen molar-refractivity contribution >= 4 is 33.2 Å². The van der Waals surface area contributed by atoms with Gasteiger partial charge in [-0.25, -0.2) is 0 Å². The van der Waals surface area contributed by atoms with E-state index >= 15 is 0 Å². The van der Waals surface area contributed by atoms with E-state index in [1.165, 1.54) is 0 Å². The van der Waals surface area contributed by atoms with Gasteiger partial charge in [0.15, 0.2) is 0 Å². The quantitative estimate of drug-likeness (QED) is 0.926. The van der Waals surface area contributed by atoms with Crippen LogP contribution in [0.4, 0.5) is 0 Å². The fourth-order valence-corrected chi connectivity index (χ4v) is 2.93. The van der Waals surface area contributed by atoms with Gasteiger partial charge in [0.25, 0.3) is 0 Å². The normalized spacial score (nSPS) is 10.5. The summed E-state index contributed by atoms with van der Waals surface area (Å²) in [6, 6.07) is 10.00. The van der Waals surface area contributed by atoms with Crippen LogP contribution in [0.3, 0.4) is 0 Å². The van der Waals surface area contributed by atoms with E-state index in [-0.39, 0.29) is 6.42 Å². The Kier molecular flexibility index (Phi) is 3.64. The molecule has 0 aliphatic rings. The number of carboxylic acid groups (broad SMARTS) is 1. The number of carbonyl (C=O) groups is 1. The van der Waals surface area contributed by atoms with Gasteiger partial charge in [-0.15, -0.1) is 11.3 Å². The fraction of sp³-hybridized carbons (Fsp3) is 0.154. The molecule has 0 atom stereocenters. The van der Waals surface area contributed by atoms with Gasteiger partial charge in [0.1, 0.15) is 0 Å². The maximum atomic E-state index is 10.7. The molecule has 2 rings (SSSR count). The third kappa shape index (κ3) is 2.96. The first-order valence-electron chi connectivity index (χ1n) is 5.13. The summed E-state index contributed by atoms with van der Waals surface area (Å²) in [5.74, 6) is -0.784. The van der Waals surface area contributed by atoms with Gasteiger partial charge in [-0.1, -0.05) is 28.1 Å². The lowest BCUT2D eigenvalue weighted by Gasteiger charge is -1.96. The molecular formula is C13H11BrO2S. The van der Waals surface area contributed by atoms with E-state index in [1.54, 1.807) is 11.3 Å². The van der Waals surface area contributed by atoms with Crippen LogP contribution in [0.1, 0.15) is 10.4 Å². The molecular weight excluding hydrogens is 300 g/mol. The average Bonchev–Trinajstić information content (AvgIpc) is 2.60. The highest BCUT2D eigenvalue weighted by atomic mass is 79.9. The third-order valence-corrected chi connectivity index (χ3v) is 4.16. The van der Waals surface area contributed by atoms with Gasteiger partial charge in [-0.2, -0.15) is 0 Å². The molecule has 1 heterocycles. The number of aliphatic carboxylic acids is 1. The zero-order chi connectivity index (χ0) is 12.4. The summed E-state index contributed by atoms with van der Waals surface area (Å²) in [6.45, 7) is 1.96. The van der Waals surface area contributed by atoms with Crippen molar-refractivity contribution in [2.75, 3.05) is 0 Å². The predicted octanol–water partition coefficient (Wildman–Crippen LogP) is 4.11. The molecule has 0 radical (unpaired) electrons. The van der Waals surface area contributed by atoms with Crippen LogP contribution in [0.5, 0.6) is 0 Å². The van der Waals surface area contributed by atoms with Crippen molar-refractivity contribution in [3.05, 3.63) is 45.2 Å². The van der Waals surface area contributed by atoms with Gasteiger partial charge >= 0.3 is 5.97 Å². The first-order valence-corrected chi connectivity index (χ1v) is 6.74. The van der Waals surface area contributed by atoms with Gasteiger partial charge in [0, 0.05) is 14.2 Å². The van der Waals surface area contributed by atoms with Crippen LogP contribution in [0.25, 0.3) is 10.4 Å². The fourth-order valence-electron chi connectivity index (χ4n) is 1.61.